The lowest BCUT2D eigenvalue weighted by atomic mass is 9.92. The fraction of sp³-hybridized carbons (Fsp3) is 0.333. The minimum absolute atomic E-state index is 0.0825. The van der Waals surface area contributed by atoms with E-state index in [1.54, 1.807) is 24.7 Å². The molecule has 4 N–H and O–H groups in total. The molecule has 35 heavy (non-hydrogen) atoms. The Morgan fingerprint density at radius 1 is 1.17 bits per heavy atom. The predicted molar refractivity (Wildman–Crippen MR) is 137 cm³/mol. The number of fused-ring (bicyclic) bond motifs is 1. The van der Waals surface area contributed by atoms with Crippen molar-refractivity contribution in [3.8, 4) is 11.4 Å². The number of aromatic nitrogens is 5. The van der Waals surface area contributed by atoms with Gasteiger partial charge in [0.15, 0.2) is 5.82 Å². The number of nitrogens with two attached hydrogens (primary N) is 1. The Labute approximate surface area is 203 Å². The Hall–Kier alpha value is -3.57. The zero-order valence-electron chi connectivity index (χ0n) is 19.8. The predicted octanol–water partition coefficient (Wildman–Crippen LogP) is 3.05. The highest BCUT2D eigenvalue weighted by molar-refractivity contribution is 7.90. The zero-order chi connectivity index (χ0) is 24.7. The Bertz CT molecular complexity index is 1470. The van der Waals surface area contributed by atoms with Gasteiger partial charge in [-0.1, -0.05) is 19.9 Å². The van der Waals surface area contributed by atoms with Gasteiger partial charge in [-0.2, -0.15) is 5.10 Å². The topological polar surface area (TPSA) is 143 Å². The fourth-order valence-corrected chi connectivity index (χ4v) is 5.62. The molecule has 0 radical (unpaired) electrons. The lowest BCUT2D eigenvalue weighted by Crippen LogP contribution is -2.63. The largest absolute Gasteiger partial charge is 0.355 e. The first-order valence-electron chi connectivity index (χ1n) is 11.4. The molecule has 3 aromatic heterocycles. The molecule has 1 aromatic carbocycles. The smallest absolute Gasteiger partial charge is 0.164 e. The van der Waals surface area contributed by atoms with Crippen LogP contribution in [-0.4, -0.2) is 58.3 Å². The maximum atomic E-state index is 11.7. The van der Waals surface area contributed by atoms with Crippen molar-refractivity contribution >= 4 is 37.9 Å². The molecule has 0 bridgehead atoms. The van der Waals surface area contributed by atoms with E-state index in [4.69, 9.17) is 5.73 Å². The Balaban J connectivity index is 1.47. The quantitative estimate of drug-likeness (QED) is 0.355. The highest BCUT2D eigenvalue weighted by atomic mass is 32.2. The molecule has 0 aliphatic carbocycles. The number of nitrogens with one attached hydrogen (secondary N) is 2. The van der Waals surface area contributed by atoms with Gasteiger partial charge in [0.25, 0.3) is 0 Å². The average Bonchev–Trinajstić information content (AvgIpc) is 3.35. The van der Waals surface area contributed by atoms with Gasteiger partial charge in [0, 0.05) is 48.4 Å². The van der Waals surface area contributed by atoms with Gasteiger partial charge in [0.05, 0.1) is 23.7 Å². The monoisotopic (exact) mass is 492 g/mol. The van der Waals surface area contributed by atoms with Crippen LogP contribution >= 0.6 is 0 Å². The van der Waals surface area contributed by atoms with Crippen molar-refractivity contribution in [2.45, 2.75) is 25.9 Å². The summed E-state index contributed by atoms with van der Waals surface area (Å²) in [6.45, 7) is 4.91. The van der Waals surface area contributed by atoms with Crippen molar-refractivity contribution in [3.05, 3.63) is 54.6 Å². The van der Waals surface area contributed by atoms with Crippen LogP contribution in [0.15, 0.2) is 49.1 Å². The van der Waals surface area contributed by atoms with Gasteiger partial charge < -0.3 is 16.0 Å². The van der Waals surface area contributed by atoms with E-state index in [2.05, 4.69) is 61.3 Å². The molecule has 182 valence electrons. The minimum atomic E-state index is -3.08. The van der Waals surface area contributed by atoms with Crippen LogP contribution < -0.4 is 16.0 Å². The van der Waals surface area contributed by atoms with Crippen LogP contribution in [0.2, 0.25) is 0 Å². The maximum absolute atomic E-state index is 11.7. The lowest BCUT2D eigenvalue weighted by molar-refractivity contribution is 0.328. The number of rotatable bonds is 7. The van der Waals surface area contributed by atoms with Crippen molar-refractivity contribution in [2.24, 2.45) is 11.7 Å². The number of hydrogen-bond acceptors (Lipinski definition) is 9. The van der Waals surface area contributed by atoms with Gasteiger partial charge in [-0.05, 0) is 35.1 Å². The van der Waals surface area contributed by atoms with Crippen LogP contribution in [0.3, 0.4) is 0 Å². The number of hydrogen-bond donors (Lipinski definition) is 3. The Kier molecular flexibility index (Phi) is 5.89. The van der Waals surface area contributed by atoms with Gasteiger partial charge >= 0.3 is 0 Å². The fourth-order valence-electron chi connectivity index (χ4n) is 4.54. The first-order valence-corrected chi connectivity index (χ1v) is 13.5. The summed E-state index contributed by atoms with van der Waals surface area (Å²) in [5.41, 5.74) is 9.34. The van der Waals surface area contributed by atoms with Crippen LogP contribution in [0.5, 0.6) is 0 Å². The summed E-state index contributed by atoms with van der Waals surface area (Å²) < 4.78 is 23.5. The van der Waals surface area contributed by atoms with Crippen LogP contribution in [0.25, 0.3) is 22.2 Å². The Morgan fingerprint density at radius 3 is 2.69 bits per heavy atom. The normalized spacial score (nSPS) is 18.1. The molecule has 11 heteroatoms. The second kappa shape index (κ2) is 8.90. The van der Waals surface area contributed by atoms with E-state index in [1.165, 1.54) is 11.8 Å². The number of anilines is 3. The summed E-state index contributed by atoms with van der Waals surface area (Å²) in [5, 5.41) is 12.1. The number of pyridine rings is 1. The number of benzene rings is 1. The molecule has 1 aliphatic heterocycles. The van der Waals surface area contributed by atoms with Crippen LogP contribution in [0.1, 0.15) is 25.3 Å². The molecule has 0 unspecified atom stereocenters. The van der Waals surface area contributed by atoms with Gasteiger partial charge in [0.2, 0.25) is 0 Å². The molecule has 0 spiro atoms. The van der Waals surface area contributed by atoms with E-state index in [1.807, 2.05) is 12.3 Å². The Morgan fingerprint density at radius 2 is 2.00 bits per heavy atom. The summed E-state index contributed by atoms with van der Waals surface area (Å²) in [5.74, 6) is 2.16. The van der Waals surface area contributed by atoms with Gasteiger partial charge in [-0.25, -0.2) is 23.4 Å². The third-order valence-electron chi connectivity index (χ3n) is 6.30. The molecule has 2 atom stereocenters. The molecular formula is C24H28N8O2S. The molecule has 0 amide bonds. The summed E-state index contributed by atoms with van der Waals surface area (Å²) in [6, 6.07) is 7.98. The van der Waals surface area contributed by atoms with Crippen molar-refractivity contribution in [1.29, 1.82) is 0 Å². The molecule has 5 rings (SSSR count). The van der Waals surface area contributed by atoms with Crippen LogP contribution in [0.4, 0.5) is 17.3 Å². The SMILES string of the molecule is CC(C)c1ccc(N2C[C@H](CS(C)(=O)=O)[C@H]2N)c2cnc(Nc3ccnc(-c4cn[nH]c4)n3)cc12. The van der Waals surface area contributed by atoms with Gasteiger partial charge in [-0.3, -0.25) is 5.10 Å². The van der Waals surface area contributed by atoms with Gasteiger partial charge in [0.1, 0.15) is 21.5 Å². The minimum Gasteiger partial charge on any atom is -0.355 e. The zero-order valence-corrected chi connectivity index (χ0v) is 20.6. The summed E-state index contributed by atoms with van der Waals surface area (Å²) in [6.07, 6.45) is 7.85. The van der Waals surface area contributed by atoms with Crippen molar-refractivity contribution in [3.63, 3.8) is 0 Å². The van der Waals surface area contributed by atoms with E-state index in [0.29, 0.717) is 29.9 Å². The molecule has 1 saturated heterocycles. The highest BCUT2D eigenvalue weighted by Crippen LogP contribution is 2.38. The van der Waals surface area contributed by atoms with Crippen LogP contribution in [-0.2, 0) is 9.84 Å². The number of H-pyrrole nitrogens is 1. The molecule has 10 nitrogen and oxygen atoms in total. The number of nitrogens with zero attached hydrogens (tertiary/aromatic N) is 5. The standard InChI is InChI=1S/C24H28N8O2S/c1-14(2)17-4-5-20(32-12-16(23(32)25)13-35(3,33)34)19-11-27-22(8-18(17)19)30-21-6-7-26-24(31-21)15-9-28-29-10-15/h4-11,14,16,23H,12-13,25H2,1-3H3,(H,28,29)(H,26,27,30,31)/t16-,23+/m1/s1. The number of aromatic amines is 1. The molecular weight excluding hydrogens is 464 g/mol. The van der Waals surface area contributed by atoms with E-state index in [-0.39, 0.29) is 17.8 Å². The highest BCUT2D eigenvalue weighted by Gasteiger charge is 2.39. The maximum Gasteiger partial charge on any atom is 0.164 e. The molecule has 1 fully saturated rings. The average molecular weight is 493 g/mol. The first-order chi connectivity index (χ1) is 16.7. The third kappa shape index (κ3) is 4.69. The second-order valence-corrected chi connectivity index (χ2v) is 11.5. The van der Waals surface area contributed by atoms with Gasteiger partial charge in [-0.15, -0.1) is 0 Å². The first kappa shape index (κ1) is 23.2. The molecule has 0 saturated carbocycles. The number of sulfone groups is 1. The summed E-state index contributed by atoms with van der Waals surface area (Å²) in [4.78, 5) is 15.6. The molecule has 1 aliphatic rings. The molecule has 4 heterocycles. The van der Waals surface area contributed by atoms with Crippen molar-refractivity contribution in [1.82, 2.24) is 25.1 Å². The molecule has 4 aromatic rings. The van der Waals surface area contributed by atoms with Crippen molar-refractivity contribution < 1.29 is 8.42 Å². The second-order valence-electron chi connectivity index (χ2n) is 9.32. The van der Waals surface area contributed by atoms with E-state index < -0.39 is 9.84 Å². The van der Waals surface area contributed by atoms with Crippen molar-refractivity contribution in [2.75, 3.05) is 28.8 Å². The third-order valence-corrected chi connectivity index (χ3v) is 7.34. The van der Waals surface area contributed by atoms with E-state index in [0.717, 1.165) is 22.0 Å². The summed E-state index contributed by atoms with van der Waals surface area (Å²) >= 11 is 0. The van der Waals surface area contributed by atoms with Crippen LogP contribution in [0, 0.1) is 5.92 Å². The summed E-state index contributed by atoms with van der Waals surface area (Å²) in [7, 11) is -3.08. The lowest BCUT2D eigenvalue weighted by Gasteiger charge is -2.47. The van der Waals surface area contributed by atoms with E-state index in [9.17, 15) is 8.42 Å². The van der Waals surface area contributed by atoms with E-state index >= 15 is 0 Å².